The van der Waals surface area contributed by atoms with Crippen molar-refractivity contribution in [3.05, 3.63) is 125 Å². The molecule has 4 aromatic carbocycles. The third-order valence-electron chi connectivity index (χ3n) is 5.17. The fourth-order valence-corrected chi connectivity index (χ4v) is 3.31. The van der Waals surface area contributed by atoms with Gasteiger partial charge in [0.15, 0.2) is 6.61 Å². The zero-order valence-electron chi connectivity index (χ0n) is 20.5. The van der Waals surface area contributed by atoms with E-state index < -0.39 is 17.8 Å². The minimum atomic E-state index is -0.609. The maximum Gasteiger partial charge on any atom is 0.343 e. The van der Waals surface area contributed by atoms with Gasteiger partial charge in [0.1, 0.15) is 17.2 Å². The van der Waals surface area contributed by atoms with Crippen LogP contribution in [0.5, 0.6) is 17.2 Å². The minimum absolute atomic E-state index is 0.0891. The zero-order valence-corrected chi connectivity index (χ0v) is 20.5. The molecular formula is C30H24N2O6. The van der Waals surface area contributed by atoms with Gasteiger partial charge in [-0.15, -0.1) is 0 Å². The summed E-state index contributed by atoms with van der Waals surface area (Å²) in [5.74, 6) is -0.817. The Morgan fingerprint density at radius 3 is 2.05 bits per heavy atom. The molecule has 8 nitrogen and oxygen atoms in total. The van der Waals surface area contributed by atoms with E-state index in [4.69, 9.17) is 14.2 Å². The van der Waals surface area contributed by atoms with Gasteiger partial charge < -0.3 is 14.2 Å². The quantitative estimate of drug-likeness (QED) is 0.148. The Morgan fingerprint density at radius 1 is 0.737 bits per heavy atom. The number of rotatable bonds is 9. The van der Waals surface area contributed by atoms with Crippen LogP contribution in [0.2, 0.25) is 0 Å². The summed E-state index contributed by atoms with van der Waals surface area (Å²) in [7, 11) is 0. The Hall–Kier alpha value is -5.24. The summed E-state index contributed by atoms with van der Waals surface area (Å²) >= 11 is 0. The highest BCUT2D eigenvalue weighted by Gasteiger charge is 2.15. The van der Waals surface area contributed by atoms with Gasteiger partial charge in [-0.1, -0.05) is 48.5 Å². The van der Waals surface area contributed by atoms with Crippen LogP contribution >= 0.6 is 0 Å². The number of hydrogen-bond donors (Lipinski definition) is 1. The Morgan fingerprint density at radius 2 is 1.39 bits per heavy atom. The minimum Gasteiger partial charge on any atom is -0.484 e. The molecule has 0 aliphatic rings. The number of hydrazone groups is 1. The fraction of sp³-hybridized carbons (Fsp3) is 0.0667. The molecule has 0 saturated heterocycles. The van der Waals surface area contributed by atoms with Crippen molar-refractivity contribution in [1.82, 2.24) is 5.43 Å². The molecule has 0 heterocycles. The Labute approximate surface area is 219 Å². The number of carbonyl (C=O) groups is 3. The average Bonchev–Trinajstić information content (AvgIpc) is 2.94. The van der Waals surface area contributed by atoms with Crippen molar-refractivity contribution in [3.63, 3.8) is 0 Å². The van der Waals surface area contributed by atoms with Crippen molar-refractivity contribution < 1.29 is 28.6 Å². The molecule has 0 radical (unpaired) electrons. The Bertz CT molecular complexity index is 1450. The number of esters is 2. The highest BCUT2D eigenvalue weighted by atomic mass is 16.5. The lowest BCUT2D eigenvalue weighted by Gasteiger charge is -2.11. The van der Waals surface area contributed by atoms with Gasteiger partial charge in [0, 0.05) is 11.6 Å². The molecule has 0 bridgehead atoms. The summed E-state index contributed by atoms with van der Waals surface area (Å²) in [6, 6.07) is 28.8. The van der Waals surface area contributed by atoms with Crippen LogP contribution in [0, 0.1) is 6.92 Å². The second-order valence-electron chi connectivity index (χ2n) is 8.11. The lowest BCUT2D eigenvalue weighted by atomic mass is 10.2. The van der Waals surface area contributed by atoms with Crippen molar-refractivity contribution >= 4 is 24.1 Å². The number of aryl methyl sites for hydroxylation is 1. The van der Waals surface area contributed by atoms with Gasteiger partial charge in [0.2, 0.25) is 0 Å². The average molecular weight is 509 g/mol. The van der Waals surface area contributed by atoms with E-state index in [9.17, 15) is 14.4 Å². The van der Waals surface area contributed by atoms with Crippen molar-refractivity contribution in [2.45, 2.75) is 6.92 Å². The summed E-state index contributed by atoms with van der Waals surface area (Å²) < 4.78 is 16.5. The topological polar surface area (TPSA) is 103 Å². The molecule has 0 atom stereocenters. The highest BCUT2D eigenvalue weighted by Crippen LogP contribution is 2.26. The molecule has 0 fully saturated rings. The molecule has 0 aromatic heterocycles. The van der Waals surface area contributed by atoms with E-state index in [2.05, 4.69) is 10.5 Å². The number of nitrogens with one attached hydrogen (secondary N) is 1. The molecule has 4 aromatic rings. The van der Waals surface area contributed by atoms with Gasteiger partial charge in [-0.2, -0.15) is 5.10 Å². The van der Waals surface area contributed by atoms with Crippen LogP contribution in [0.1, 0.15) is 31.8 Å². The van der Waals surface area contributed by atoms with Crippen LogP contribution in [-0.2, 0) is 4.79 Å². The van der Waals surface area contributed by atoms with Crippen LogP contribution in [-0.4, -0.2) is 30.7 Å². The van der Waals surface area contributed by atoms with Gasteiger partial charge in [0.05, 0.1) is 17.3 Å². The standard InChI is InChI=1S/C30H24N2O6/c1-21-9-8-14-25(17-21)36-20-28(33)32-31-19-24-15-16-26(37-29(34)22-10-4-2-5-11-22)18-27(24)38-30(35)23-12-6-3-7-13-23/h2-19H,20H2,1H3,(H,32,33)/b31-19-. The van der Waals surface area contributed by atoms with E-state index in [1.54, 1.807) is 72.8 Å². The molecule has 0 aliphatic carbocycles. The van der Waals surface area contributed by atoms with Gasteiger partial charge in [0.25, 0.3) is 5.91 Å². The number of benzene rings is 4. The third kappa shape index (κ3) is 7.38. The number of carbonyl (C=O) groups excluding carboxylic acids is 3. The van der Waals surface area contributed by atoms with Gasteiger partial charge in [-0.05, 0) is 61.0 Å². The Balaban J connectivity index is 1.47. The van der Waals surface area contributed by atoms with Gasteiger partial charge in [-0.3, -0.25) is 4.79 Å². The van der Waals surface area contributed by atoms with Crippen LogP contribution in [0.3, 0.4) is 0 Å². The molecule has 4 rings (SSSR count). The summed E-state index contributed by atoms with van der Waals surface area (Å²) in [6.07, 6.45) is 1.32. The maximum absolute atomic E-state index is 12.7. The van der Waals surface area contributed by atoms with E-state index >= 15 is 0 Å². The molecule has 1 N–H and O–H groups in total. The summed E-state index contributed by atoms with van der Waals surface area (Å²) in [4.78, 5) is 37.3. The first-order valence-electron chi connectivity index (χ1n) is 11.7. The first-order chi connectivity index (χ1) is 18.5. The second-order valence-corrected chi connectivity index (χ2v) is 8.11. The second kappa shape index (κ2) is 12.6. The first kappa shape index (κ1) is 25.8. The predicted octanol–water partition coefficient (Wildman–Crippen LogP) is 4.96. The summed E-state index contributed by atoms with van der Waals surface area (Å²) in [5, 5.41) is 3.95. The van der Waals surface area contributed by atoms with Crippen LogP contribution in [0.25, 0.3) is 0 Å². The lowest BCUT2D eigenvalue weighted by molar-refractivity contribution is -0.123. The lowest BCUT2D eigenvalue weighted by Crippen LogP contribution is -2.24. The van der Waals surface area contributed by atoms with Crippen molar-refractivity contribution in [2.75, 3.05) is 6.61 Å². The monoisotopic (exact) mass is 508 g/mol. The summed E-state index contributed by atoms with van der Waals surface area (Å²) in [6.45, 7) is 1.69. The van der Waals surface area contributed by atoms with Gasteiger partial charge >= 0.3 is 11.9 Å². The van der Waals surface area contributed by atoms with Crippen LogP contribution in [0.15, 0.2) is 108 Å². The van der Waals surface area contributed by atoms with Gasteiger partial charge in [-0.25, -0.2) is 15.0 Å². The van der Waals surface area contributed by atoms with E-state index in [1.165, 1.54) is 18.3 Å². The highest BCUT2D eigenvalue weighted by molar-refractivity contribution is 5.94. The predicted molar refractivity (Wildman–Crippen MR) is 142 cm³/mol. The molecule has 0 unspecified atom stereocenters. The SMILES string of the molecule is Cc1cccc(OCC(=O)N/N=C\c2ccc(OC(=O)c3ccccc3)cc2OC(=O)c2ccccc2)c1. The third-order valence-corrected chi connectivity index (χ3v) is 5.17. The molecule has 190 valence electrons. The number of hydrogen-bond acceptors (Lipinski definition) is 7. The molecule has 1 amide bonds. The molecule has 38 heavy (non-hydrogen) atoms. The van der Waals surface area contributed by atoms with E-state index in [0.29, 0.717) is 22.4 Å². The molecule has 0 saturated carbocycles. The molecule has 0 spiro atoms. The first-order valence-corrected chi connectivity index (χ1v) is 11.7. The van der Waals surface area contributed by atoms with E-state index in [0.717, 1.165) is 5.56 Å². The molecular weight excluding hydrogens is 484 g/mol. The van der Waals surface area contributed by atoms with Crippen molar-refractivity contribution in [1.29, 1.82) is 0 Å². The van der Waals surface area contributed by atoms with Crippen molar-refractivity contribution in [2.24, 2.45) is 5.10 Å². The molecule has 8 heteroatoms. The summed E-state index contributed by atoms with van der Waals surface area (Å²) in [5.41, 5.74) is 4.46. The number of ether oxygens (including phenoxy) is 3. The van der Waals surface area contributed by atoms with Crippen LogP contribution in [0.4, 0.5) is 0 Å². The number of nitrogens with zero attached hydrogens (tertiary/aromatic N) is 1. The van der Waals surface area contributed by atoms with Crippen LogP contribution < -0.4 is 19.6 Å². The van der Waals surface area contributed by atoms with Crippen molar-refractivity contribution in [3.8, 4) is 17.2 Å². The maximum atomic E-state index is 12.7. The number of amides is 1. The molecule has 0 aliphatic heterocycles. The largest absolute Gasteiger partial charge is 0.484 e. The fourth-order valence-electron chi connectivity index (χ4n) is 3.31. The normalized spacial score (nSPS) is 10.6. The van der Waals surface area contributed by atoms with E-state index in [-0.39, 0.29) is 18.1 Å². The zero-order chi connectivity index (χ0) is 26.7. The van der Waals surface area contributed by atoms with E-state index in [1.807, 2.05) is 25.1 Å². The Kier molecular flexibility index (Phi) is 8.60. The smallest absolute Gasteiger partial charge is 0.343 e.